The summed E-state index contributed by atoms with van der Waals surface area (Å²) in [6.45, 7) is 1.70. The third-order valence-corrected chi connectivity index (χ3v) is 3.14. The highest BCUT2D eigenvalue weighted by atomic mass is 79.9. The Kier molecular flexibility index (Phi) is 3.31. The summed E-state index contributed by atoms with van der Waals surface area (Å²) >= 11 is 3.13. The summed E-state index contributed by atoms with van der Waals surface area (Å²) < 4.78 is 16.4. The second-order valence-electron chi connectivity index (χ2n) is 4.17. The Bertz CT molecular complexity index is 728. The number of fused-ring (bicyclic) bond motifs is 1. The molecule has 3 rings (SSSR count). The van der Waals surface area contributed by atoms with Crippen molar-refractivity contribution in [1.29, 1.82) is 0 Å². The van der Waals surface area contributed by atoms with E-state index < -0.39 is 12.1 Å². The Morgan fingerprint density at radius 1 is 1.25 bits per heavy atom. The van der Waals surface area contributed by atoms with Crippen molar-refractivity contribution < 1.29 is 18.4 Å². The number of carbonyl (C=O) groups excluding carboxylic acids is 1. The molecule has 0 radical (unpaired) electrons. The predicted molar refractivity (Wildman–Crippen MR) is 74.2 cm³/mol. The molecule has 5 nitrogen and oxygen atoms in total. The average molecular weight is 336 g/mol. The summed E-state index contributed by atoms with van der Waals surface area (Å²) in [6, 6.07) is 10.5. The molecule has 0 saturated heterocycles. The van der Waals surface area contributed by atoms with E-state index in [4.69, 9.17) is 13.6 Å². The van der Waals surface area contributed by atoms with Gasteiger partial charge in [0, 0.05) is 0 Å². The first-order chi connectivity index (χ1) is 9.63. The standard InChI is InChI=1S/C14H10BrNO4/c1-8(18-14(17)11-6-7-12(15)19-11)13-16-9-4-2-3-5-10(9)20-13/h2-8H,1H3/t8-/m1/s1. The molecule has 0 N–H and O–H groups in total. The lowest BCUT2D eigenvalue weighted by atomic mass is 10.3. The Hall–Kier alpha value is -2.08. The Labute approximate surface area is 122 Å². The molecule has 0 fully saturated rings. The number of aromatic nitrogens is 1. The van der Waals surface area contributed by atoms with Crippen LogP contribution in [-0.4, -0.2) is 11.0 Å². The highest BCUT2D eigenvalue weighted by Crippen LogP contribution is 2.23. The molecule has 6 heteroatoms. The molecule has 1 aromatic carbocycles. The summed E-state index contributed by atoms with van der Waals surface area (Å²) in [5.41, 5.74) is 1.39. The van der Waals surface area contributed by atoms with E-state index in [9.17, 15) is 4.79 Å². The van der Waals surface area contributed by atoms with Crippen LogP contribution < -0.4 is 0 Å². The SMILES string of the molecule is C[C@@H](OC(=O)c1ccc(Br)o1)c1nc2ccccc2o1. The van der Waals surface area contributed by atoms with Gasteiger partial charge in [-0.1, -0.05) is 12.1 Å². The van der Waals surface area contributed by atoms with Crippen LogP contribution in [-0.2, 0) is 4.74 Å². The molecule has 0 aliphatic carbocycles. The maximum absolute atomic E-state index is 11.9. The van der Waals surface area contributed by atoms with Gasteiger partial charge in [-0.25, -0.2) is 9.78 Å². The van der Waals surface area contributed by atoms with Gasteiger partial charge in [0.25, 0.3) is 0 Å². The maximum atomic E-state index is 11.9. The average Bonchev–Trinajstić information content (AvgIpc) is 3.04. The number of ether oxygens (including phenoxy) is 1. The Balaban J connectivity index is 1.78. The molecular formula is C14H10BrNO4. The van der Waals surface area contributed by atoms with Gasteiger partial charge in [0.05, 0.1) is 0 Å². The first-order valence-corrected chi connectivity index (χ1v) is 6.74. The van der Waals surface area contributed by atoms with Crippen LogP contribution in [0.5, 0.6) is 0 Å². The molecule has 20 heavy (non-hydrogen) atoms. The van der Waals surface area contributed by atoms with E-state index in [1.807, 2.05) is 24.3 Å². The largest absolute Gasteiger partial charge is 0.447 e. The second-order valence-corrected chi connectivity index (χ2v) is 4.95. The fourth-order valence-electron chi connectivity index (χ4n) is 1.76. The Morgan fingerprint density at radius 2 is 2.05 bits per heavy atom. The van der Waals surface area contributed by atoms with Crippen molar-refractivity contribution >= 4 is 33.0 Å². The van der Waals surface area contributed by atoms with Crippen molar-refractivity contribution in [2.24, 2.45) is 0 Å². The lowest BCUT2D eigenvalue weighted by molar-refractivity contribution is 0.0245. The summed E-state index contributed by atoms with van der Waals surface area (Å²) in [4.78, 5) is 16.1. The molecule has 0 spiro atoms. The fourth-order valence-corrected chi connectivity index (χ4v) is 2.06. The zero-order valence-electron chi connectivity index (χ0n) is 10.5. The van der Waals surface area contributed by atoms with E-state index in [0.29, 0.717) is 16.1 Å². The van der Waals surface area contributed by atoms with Crippen LogP contribution in [0, 0.1) is 0 Å². The minimum absolute atomic E-state index is 0.125. The van der Waals surface area contributed by atoms with Crippen molar-refractivity contribution in [1.82, 2.24) is 4.98 Å². The molecule has 1 atom stereocenters. The number of para-hydroxylation sites is 2. The van der Waals surface area contributed by atoms with Gasteiger partial charge in [0.15, 0.2) is 16.4 Å². The van der Waals surface area contributed by atoms with Crippen LogP contribution in [0.1, 0.15) is 29.5 Å². The van der Waals surface area contributed by atoms with E-state index in [1.165, 1.54) is 6.07 Å². The number of halogens is 1. The van der Waals surface area contributed by atoms with E-state index in [0.717, 1.165) is 5.52 Å². The quantitative estimate of drug-likeness (QED) is 0.674. The number of benzene rings is 1. The van der Waals surface area contributed by atoms with Gasteiger partial charge in [-0.15, -0.1) is 0 Å². The van der Waals surface area contributed by atoms with Crippen LogP contribution in [0.25, 0.3) is 11.1 Å². The first-order valence-electron chi connectivity index (χ1n) is 5.95. The summed E-state index contributed by atoms with van der Waals surface area (Å²) in [6.07, 6.45) is -0.598. The van der Waals surface area contributed by atoms with Gasteiger partial charge in [-0.3, -0.25) is 0 Å². The van der Waals surface area contributed by atoms with Crippen molar-refractivity contribution in [2.75, 3.05) is 0 Å². The van der Waals surface area contributed by atoms with Crippen LogP contribution in [0.2, 0.25) is 0 Å². The topological polar surface area (TPSA) is 65.5 Å². The molecule has 0 aliphatic rings. The Morgan fingerprint density at radius 3 is 2.75 bits per heavy atom. The van der Waals surface area contributed by atoms with Crippen molar-refractivity contribution in [3.05, 3.63) is 52.7 Å². The summed E-state index contributed by atoms with van der Waals surface area (Å²) in [5.74, 6) is -0.0875. The molecule has 0 unspecified atom stereocenters. The molecule has 0 saturated carbocycles. The van der Waals surface area contributed by atoms with Crippen LogP contribution in [0.3, 0.4) is 0 Å². The molecule has 2 heterocycles. The van der Waals surface area contributed by atoms with E-state index in [2.05, 4.69) is 20.9 Å². The molecular weight excluding hydrogens is 326 g/mol. The van der Waals surface area contributed by atoms with Crippen LogP contribution >= 0.6 is 15.9 Å². The number of nitrogens with zero attached hydrogens (tertiary/aromatic N) is 1. The monoisotopic (exact) mass is 335 g/mol. The predicted octanol–water partition coefficient (Wildman–Crippen LogP) is 4.10. The lowest BCUT2D eigenvalue weighted by Gasteiger charge is -2.07. The van der Waals surface area contributed by atoms with Gasteiger partial charge in [-0.05, 0) is 47.1 Å². The van der Waals surface area contributed by atoms with Crippen molar-refractivity contribution in [3.63, 3.8) is 0 Å². The van der Waals surface area contributed by atoms with Crippen molar-refractivity contribution in [2.45, 2.75) is 13.0 Å². The van der Waals surface area contributed by atoms with Gasteiger partial charge >= 0.3 is 5.97 Å². The third kappa shape index (κ3) is 2.46. The van der Waals surface area contributed by atoms with Gasteiger partial charge in [-0.2, -0.15) is 0 Å². The van der Waals surface area contributed by atoms with Gasteiger partial charge < -0.3 is 13.6 Å². The van der Waals surface area contributed by atoms with Crippen LogP contribution in [0.15, 0.2) is 49.9 Å². The number of hydrogen-bond acceptors (Lipinski definition) is 5. The number of hydrogen-bond donors (Lipinski definition) is 0. The zero-order valence-corrected chi connectivity index (χ0v) is 12.1. The lowest BCUT2D eigenvalue weighted by Crippen LogP contribution is -2.08. The number of furan rings is 1. The molecule has 0 bridgehead atoms. The summed E-state index contributed by atoms with van der Waals surface area (Å²) in [7, 11) is 0. The number of esters is 1. The third-order valence-electron chi connectivity index (χ3n) is 2.72. The highest BCUT2D eigenvalue weighted by molar-refractivity contribution is 9.10. The number of rotatable bonds is 3. The highest BCUT2D eigenvalue weighted by Gasteiger charge is 2.20. The fraction of sp³-hybridized carbons (Fsp3) is 0.143. The smallest absolute Gasteiger partial charge is 0.375 e. The number of oxazole rings is 1. The minimum Gasteiger partial charge on any atom is -0.447 e. The van der Waals surface area contributed by atoms with Gasteiger partial charge in [0.2, 0.25) is 11.7 Å². The second kappa shape index (κ2) is 5.13. The minimum atomic E-state index is -0.598. The molecule has 2 aromatic heterocycles. The molecule has 3 aromatic rings. The molecule has 0 aliphatic heterocycles. The zero-order chi connectivity index (χ0) is 14.1. The molecule has 0 amide bonds. The first kappa shape index (κ1) is 12.9. The maximum Gasteiger partial charge on any atom is 0.375 e. The van der Waals surface area contributed by atoms with E-state index in [-0.39, 0.29) is 5.76 Å². The van der Waals surface area contributed by atoms with E-state index >= 15 is 0 Å². The van der Waals surface area contributed by atoms with Gasteiger partial charge in [0.1, 0.15) is 5.52 Å². The van der Waals surface area contributed by atoms with Crippen LogP contribution in [0.4, 0.5) is 0 Å². The summed E-state index contributed by atoms with van der Waals surface area (Å²) in [5, 5.41) is 0. The number of carbonyl (C=O) groups is 1. The van der Waals surface area contributed by atoms with Crippen molar-refractivity contribution in [3.8, 4) is 0 Å². The van der Waals surface area contributed by atoms with E-state index in [1.54, 1.807) is 13.0 Å². The molecule has 102 valence electrons. The normalized spacial score (nSPS) is 12.5.